The molecule has 0 heterocycles. The predicted molar refractivity (Wildman–Crippen MR) is 110 cm³/mol. The summed E-state index contributed by atoms with van der Waals surface area (Å²) in [6, 6.07) is 13.4. The van der Waals surface area contributed by atoms with Crippen LogP contribution in [0.5, 0.6) is 0 Å². The molecule has 2 N–H and O–H groups in total. The average molecular weight is 389 g/mol. The Balaban J connectivity index is 2.34. The van der Waals surface area contributed by atoms with Crippen molar-refractivity contribution in [3.63, 3.8) is 0 Å². The number of carbonyl (C=O) groups excluding carboxylic acids is 1. The van der Waals surface area contributed by atoms with Gasteiger partial charge >= 0.3 is 0 Å². The molecule has 0 aliphatic heterocycles. The van der Waals surface area contributed by atoms with Crippen molar-refractivity contribution in [3.8, 4) is 0 Å². The summed E-state index contributed by atoms with van der Waals surface area (Å²) in [6.07, 6.45) is 0.800. The van der Waals surface area contributed by atoms with Crippen LogP contribution in [0, 0.1) is 0 Å². The van der Waals surface area contributed by atoms with E-state index >= 15 is 0 Å². The zero-order valence-electron chi connectivity index (χ0n) is 16.5. The largest absolute Gasteiger partial charge is 0.350 e. The molecule has 2 aromatic carbocycles. The molecular formula is C21H28N2O3S. The zero-order valence-corrected chi connectivity index (χ0v) is 17.4. The highest BCUT2D eigenvalue weighted by atomic mass is 32.2. The van der Waals surface area contributed by atoms with Crippen molar-refractivity contribution in [2.45, 2.75) is 57.4 Å². The maximum Gasteiger partial charge on any atom is 0.261 e. The fourth-order valence-corrected chi connectivity index (χ4v) is 3.77. The molecule has 0 aliphatic rings. The minimum Gasteiger partial charge on any atom is -0.350 e. The van der Waals surface area contributed by atoms with Crippen LogP contribution < -0.4 is 10.0 Å². The molecule has 0 radical (unpaired) electrons. The lowest BCUT2D eigenvalue weighted by atomic mass is 9.86. The maximum absolute atomic E-state index is 12.9. The second-order valence-electron chi connectivity index (χ2n) is 7.71. The summed E-state index contributed by atoms with van der Waals surface area (Å²) < 4.78 is 28.5. The summed E-state index contributed by atoms with van der Waals surface area (Å²) >= 11 is 0. The highest BCUT2D eigenvalue weighted by molar-refractivity contribution is 7.92. The third-order valence-corrected chi connectivity index (χ3v) is 5.74. The van der Waals surface area contributed by atoms with Gasteiger partial charge in [0.25, 0.3) is 15.9 Å². The van der Waals surface area contributed by atoms with Gasteiger partial charge in [-0.3, -0.25) is 9.52 Å². The Hall–Kier alpha value is -2.34. The molecule has 6 heteroatoms. The molecule has 27 heavy (non-hydrogen) atoms. The molecule has 1 unspecified atom stereocenters. The van der Waals surface area contributed by atoms with Gasteiger partial charge in [0.05, 0.1) is 10.6 Å². The topological polar surface area (TPSA) is 75.3 Å². The van der Waals surface area contributed by atoms with Crippen molar-refractivity contribution >= 4 is 21.6 Å². The van der Waals surface area contributed by atoms with Gasteiger partial charge in [0.1, 0.15) is 0 Å². The van der Waals surface area contributed by atoms with Gasteiger partial charge in [0, 0.05) is 11.6 Å². The van der Waals surface area contributed by atoms with E-state index < -0.39 is 10.0 Å². The second kappa shape index (κ2) is 8.13. The number of benzene rings is 2. The van der Waals surface area contributed by atoms with Crippen molar-refractivity contribution in [1.29, 1.82) is 0 Å². The Kier molecular flexibility index (Phi) is 6.31. The van der Waals surface area contributed by atoms with Crippen molar-refractivity contribution in [1.82, 2.24) is 5.32 Å². The molecule has 0 fully saturated rings. The van der Waals surface area contributed by atoms with Crippen LogP contribution in [0.15, 0.2) is 53.4 Å². The van der Waals surface area contributed by atoms with Crippen LogP contribution >= 0.6 is 0 Å². The lowest BCUT2D eigenvalue weighted by Gasteiger charge is -2.23. The Bertz CT molecular complexity index is 915. The molecule has 0 saturated heterocycles. The molecule has 0 saturated carbocycles. The van der Waals surface area contributed by atoms with E-state index in [4.69, 9.17) is 0 Å². The van der Waals surface area contributed by atoms with Crippen LogP contribution in [0.1, 0.15) is 57.0 Å². The van der Waals surface area contributed by atoms with Crippen LogP contribution in [0.2, 0.25) is 0 Å². The van der Waals surface area contributed by atoms with Crippen LogP contribution in [0.4, 0.5) is 5.69 Å². The van der Waals surface area contributed by atoms with E-state index in [9.17, 15) is 13.2 Å². The van der Waals surface area contributed by atoms with Gasteiger partial charge in [0.15, 0.2) is 0 Å². The van der Waals surface area contributed by atoms with E-state index in [1.165, 1.54) is 12.1 Å². The quantitative estimate of drug-likeness (QED) is 0.774. The van der Waals surface area contributed by atoms with E-state index in [0.717, 1.165) is 12.0 Å². The third kappa shape index (κ3) is 5.32. The molecule has 5 nitrogen and oxygen atoms in total. The number of carbonyl (C=O) groups is 1. The third-order valence-electron chi connectivity index (χ3n) is 4.38. The van der Waals surface area contributed by atoms with Crippen molar-refractivity contribution in [2.24, 2.45) is 0 Å². The standard InChI is InChI=1S/C21H28N2O3S/c1-6-15(2)22-20(24)16-10-9-11-17(14-16)27(25,26)23-19-13-8-7-12-18(19)21(3,4)5/h7-15,23H,6H2,1-5H3,(H,22,24). The summed E-state index contributed by atoms with van der Waals surface area (Å²) in [5, 5.41) is 2.85. The van der Waals surface area contributed by atoms with Gasteiger partial charge in [-0.25, -0.2) is 8.42 Å². The number of sulfonamides is 1. The van der Waals surface area contributed by atoms with Gasteiger partial charge in [-0.1, -0.05) is 52.0 Å². The number of hydrogen-bond acceptors (Lipinski definition) is 3. The highest BCUT2D eigenvalue weighted by Gasteiger charge is 2.22. The van der Waals surface area contributed by atoms with Crippen LogP contribution in [-0.4, -0.2) is 20.4 Å². The van der Waals surface area contributed by atoms with Crippen molar-refractivity contribution in [2.75, 3.05) is 4.72 Å². The first kappa shape index (κ1) is 21.0. The molecule has 1 amide bonds. The van der Waals surface area contributed by atoms with E-state index in [-0.39, 0.29) is 22.3 Å². The molecule has 0 aliphatic carbocycles. The fourth-order valence-electron chi connectivity index (χ4n) is 2.64. The molecule has 2 aromatic rings. The van der Waals surface area contributed by atoms with E-state index in [1.54, 1.807) is 24.3 Å². The van der Waals surface area contributed by atoms with E-state index in [1.807, 2.05) is 46.8 Å². The maximum atomic E-state index is 12.9. The first-order valence-electron chi connectivity index (χ1n) is 9.08. The molecule has 1 atom stereocenters. The molecule has 146 valence electrons. The molecular weight excluding hydrogens is 360 g/mol. The summed E-state index contributed by atoms with van der Waals surface area (Å²) in [5.41, 5.74) is 1.55. The van der Waals surface area contributed by atoms with E-state index in [0.29, 0.717) is 11.3 Å². The molecule has 0 aromatic heterocycles. The van der Waals surface area contributed by atoms with Gasteiger partial charge in [-0.2, -0.15) is 0 Å². The summed E-state index contributed by atoms with van der Waals surface area (Å²) in [4.78, 5) is 12.4. The molecule has 0 spiro atoms. The highest BCUT2D eigenvalue weighted by Crippen LogP contribution is 2.30. The predicted octanol–water partition coefficient (Wildman–Crippen LogP) is 4.31. The molecule has 0 bridgehead atoms. The first-order chi connectivity index (χ1) is 12.5. The van der Waals surface area contributed by atoms with Crippen LogP contribution in [0.25, 0.3) is 0 Å². The van der Waals surface area contributed by atoms with Gasteiger partial charge in [-0.15, -0.1) is 0 Å². The summed E-state index contributed by atoms with van der Waals surface area (Å²) in [5.74, 6) is -0.281. The summed E-state index contributed by atoms with van der Waals surface area (Å²) in [6.45, 7) is 9.96. The number of nitrogens with one attached hydrogen (secondary N) is 2. The lowest BCUT2D eigenvalue weighted by Crippen LogP contribution is -2.32. The lowest BCUT2D eigenvalue weighted by molar-refractivity contribution is 0.0939. The Morgan fingerprint density at radius 1 is 1.07 bits per heavy atom. The number of para-hydroxylation sites is 1. The van der Waals surface area contributed by atoms with Gasteiger partial charge < -0.3 is 5.32 Å². The normalized spacial score (nSPS) is 13.1. The number of amides is 1. The van der Waals surface area contributed by atoms with Crippen molar-refractivity contribution < 1.29 is 13.2 Å². The second-order valence-corrected chi connectivity index (χ2v) is 9.39. The Labute approximate surface area is 162 Å². The average Bonchev–Trinajstić information content (AvgIpc) is 2.61. The fraction of sp³-hybridized carbons (Fsp3) is 0.381. The minimum absolute atomic E-state index is 0.0227. The smallest absolute Gasteiger partial charge is 0.261 e. The van der Waals surface area contributed by atoms with Crippen LogP contribution in [0.3, 0.4) is 0 Å². The minimum atomic E-state index is -3.82. The van der Waals surface area contributed by atoms with E-state index in [2.05, 4.69) is 10.0 Å². The van der Waals surface area contributed by atoms with Crippen molar-refractivity contribution in [3.05, 3.63) is 59.7 Å². The monoisotopic (exact) mass is 388 g/mol. The molecule has 2 rings (SSSR count). The first-order valence-corrected chi connectivity index (χ1v) is 10.6. The summed E-state index contributed by atoms with van der Waals surface area (Å²) in [7, 11) is -3.82. The SMILES string of the molecule is CCC(C)NC(=O)c1cccc(S(=O)(=O)Nc2ccccc2C(C)(C)C)c1. The number of rotatable bonds is 6. The van der Waals surface area contributed by atoms with Gasteiger partial charge in [-0.05, 0) is 48.6 Å². The van der Waals surface area contributed by atoms with Crippen LogP contribution in [-0.2, 0) is 15.4 Å². The Morgan fingerprint density at radius 3 is 2.37 bits per heavy atom. The Morgan fingerprint density at radius 2 is 1.74 bits per heavy atom. The van der Waals surface area contributed by atoms with Gasteiger partial charge in [0.2, 0.25) is 0 Å². The number of anilines is 1. The zero-order chi connectivity index (χ0) is 20.2. The number of hydrogen-bond donors (Lipinski definition) is 2.